The van der Waals surface area contributed by atoms with E-state index >= 15 is 0 Å². The largest absolute Gasteiger partial charge is 0.472 e. The second-order valence-corrected chi connectivity index (χ2v) is 3.09. The zero-order valence-electron chi connectivity index (χ0n) is 8.19. The maximum atomic E-state index is 11.6. The predicted molar refractivity (Wildman–Crippen MR) is 52.6 cm³/mol. The van der Waals surface area contributed by atoms with Crippen molar-refractivity contribution in [2.24, 2.45) is 0 Å². The highest BCUT2D eigenvalue weighted by Gasteiger charge is 2.31. The van der Waals surface area contributed by atoms with E-state index in [0.717, 1.165) is 10.5 Å². The fourth-order valence-corrected chi connectivity index (χ4v) is 1.38. The van der Waals surface area contributed by atoms with E-state index in [0.29, 0.717) is 6.54 Å². The molecule has 0 radical (unpaired) electrons. The molecule has 15 heavy (non-hydrogen) atoms. The zero-order valence-corrected chi connectivity index (χ0v) is 8.19. The molecule has 1 aliphatic rings. The van der Waals surface area contributed by atoms with E-state index in [2.05, 4.69) is 5.32 Å². The second-order valence-electron chi connectivity index (χ2n) is 3.09. The van der Waals surface area contributed by atoms with Crippen molar-refractivity contribution in [1.29, 1.82) is 0 Å². The van der Waals surface area contributed by atoms with Gasteiger partial charge in [0.25, 0.3) is 5.91 Å². The average molecular weight is 206 g/mol. The van der Waals surface area contributed by atoms with Gasteiger partial charge in [-0.1, -0.05) is 0 Å². The summed E-state index contributed by atoms with van der Waals surface area (Å²) in [5, 5.41) is 2.50. The number of imide groups is 1. The standard InChI is InChI=1S/C10H10N2O3/c1-2-12-9(13)8(11-10(12)14)5-7-3-4-15-6-7/h3-6H,2H2,1H3,(H,11,14). The smallest absolute Gasteiger partial charge is 0.328 e. The molecular formula is C10H10N2O3. The molecule has 1 N–H and O–H groups in total. The lowest BCUT2D eigenvalue weighted by atomic mass is 10.2. The summed E-state index contributed by atoms with van der Waals surface area (Å²) >= 11 is 0. The normalized spacial score (nSPS) is 18.7. The summed E-state index contributed by atoms with van der Waals surface area (Å²) in [6.45, 7) is 2.12. The van der Waals surface area contributed by atoms with Crippen LogP contribution in [0.3, 0.4) is 0 Å². The number of furan rings is 1. The summed E-state index contributed by atoms with van der Waals surface area (Å²) < 4.78 is 4.86. The van der Waals surface area contributed by atoms with Crippen LogP contribution in [-0.2, 0) is 4.79 Å². The summed E-state index contributed by atoms with van der Waals surface area (Å²) in [5.41, 5.74) is 1.03. The summed E-state index contributed by atoms with van der Waals surface area (Å²) in [6, 6.07) is 1.33. The van der Waals surface area contributed by atoms with E-state index in [1.54, 1.807) is 19.1 Å². The van der Waals surface area contributed by atoms with Gasteiger partial charge in [0.2, 0.25) is 0 Å². The van der Waals surface area contributed by atoms with Gasteiger partial charge >= 0.3 is 6.03 Å². The Morgan fingerprint density at radius 1 is 1.53 bits per heavy atom. The molecule has 2 heterocycles. The molecule has 5 heteroatoms. The molecule has 0 saturated carbocycles. The third-order valence-corrected chi connectivity index (χ3v) is 2.13. The van der Waals surface area contributed by atoms with Gasteiger partial charge in [-0.25, -0.2) is 4.79 Å². The number of nitrogens with one attached hydrogen (secondary N) is 1. The molecule has 5 nitrogen and oxygen atoms in total. The fraction of sp³-hybridized carbons (Fsp3) is 0.200. The quantitative estimate of drug-likeness (QED) is 0.584. The third kappa shape index (κ3) is 1.63. The van der Waals surface area contributed by atoms with Crippen molar-refractivity contribution in [3.8, 4) is 0 Å². The molecule has 3 amide bonds. The molecule has 2 rings (SSSR count). The van der Waals surface area contributed by atoms with Crippen LogP contribution in [-0.4, -0.2) is 23.4 Å². The highest BCUT2D eigenvalue weighted by Crippen LogP contribution is 2.13. The predicted octanol–water partition coefficient (Wildman–Crippen LogP) is 1.19. The number of urea groups is 1. The van der Waals surface area contributed by atoms with Gasteiger partial charge in [-0.3, -0.25) is 9.69 Å². The Kier molecular flexibility index (Phi) is 2.29. The summed E-state index contributed by atoms with van der Waals surface area (Å²) in [6.07, 6.45) is 4.59. The van der Waals surface area contributed by atoms with Crippen LogP contribution < -0.4 is 5.32 Å². The first-order valence-electron chi connectivity index (χ1n) is 4.59. The third-order valence-electron chi connectivity index (χ3n) is 2.13. The van der Waals surface area contributed by atoms with Crippen LogP contribution in [0.2, 0.25) is 0 Å². The second kappa shape index (κ2) is 3.61. The van der Waals surface area contributed by atoms with E-state index in [-0.39, 0.29) is 17.6 Å². The molecule has 0 aliphatic carbocycles. The lowest BCUT2D eigenvalue weighted by molar-refractivity contribution is -0.122. The van der Waals surface area contributed by atoms with Crippen LogP contribution in [0, 0.1) is 0 Å². The fourth-order valence-electron chi connectivity index (χ4n) is 1.38. The summed E-state index contributed by atoms with van der Waals surface area (Å²) in [7, 11) is 0. The number of carbonyl (C=O) groups excluding carboxylic acids is 2. The van der Waals surface area contributed by atoms with Crippen LogP contribution >= 0.6 is 0 Å². The van der Waals surface area contributed by atoms with Crippen molar-refractivity contribution >= 4 is 18.0 Å². The molecule has 1 saturated heterocycles. The Bertz CT molecular complexity index is 420. The van der Waals surface area contributed by atoms with Gasteiger partial charge in [-0.2, -0.15) is 0 Å². The van der Waals surface area contributed by atoms with Crippen LogP contribution in [0.5, 0.6) is 0 Å². The Morgan fingerprint density at radius 3 is 2.87 bits per heavy atom. The summed E-state index contributed by atoms with van der Waals surface area (Å²) in [4.78, 5) is 24.0. The van der Waals surface area contributed by atoms with E-state index < -0.39 is 0 Å². The number of hydrogen-bond acceptors (Lipinski definition) is 3. The van der Waals surface area contributed by atoms with Crippen molar-refractivity contribution in [3.05, 3.63) is 29.9 Å². The first kappa shape index (κ1) is 9.51. The van der Waals surface area contributed by atoms with E-state index in [1.165, 1.54) is 12.5 Å². The minimum absolute atomic E-state index is 0.281. The van der Waals surface area contributed by atoms with Gasteiger partial charge in [0.1, 0.15) is 5.70 Å². The van der Waals surface area contributed by atoms with E-state index in [1.807, 2.05) is 0 Å². The molecule has 0 atom stereocenters. The Hall–Kier alpha value is -2.04. The van der Waals surface area contributed by atoms with E-state index in [9.17, 15) is 9.59 Å². The lowest BCUT2D eigenvalue weighted by Gasteiger charge is -2.05. The molecule has 78 valence electrons. The van der Waals surface area contributed by atoms with Crippen molar-refractivity contribution in [3.63, 3.8) is 0 Å². The van der Waals surface area contributed by atoms with Gasteiger partial charge in [0.15, 0.2) is 0 Å². The first-order chi connectivity index (χ1) is 7.22. The molecule has 0 aromatic carbocycles. The molecule has 1 aromatic heterocycles. The highest BCUT2D eigenvalue weighted by atomic mass is 16.3. The van der Waals surface area contributed by atoms with Crippen molar-refractivity contribution in [2.45, 2.75) is 6.92 Å². The maximum absolute atomic E-state index is 11.6. The Morgan fingerprint density at radius 2 is 2.33 bits per heavy atom. The Balaban J connectivity index is 2.26. The van der Waals surface area contributed by atoms with Crippen LogP contribution in [0.4, 0.5) is 4.79 Å². The van der Waals surface area contributed by atoms with Gasteiger partial charge in [-0.15, -0.1) is 0 Å². The monoisotopic (exact) mass is 206 g/mol. The minimum atomic E-state index is -0.378. The Labute approximate surface area is 86.4 Å². The van der Waals surface area contributed by atoms with E-state index in [4.69, 9.17) is 4.42 Å². The average Bonchev–Trinajstić information content (AvgIpc) is 2.78. The molecule has 0 spiro atoms. The van der Waals surface area contributed by atoms with Gasteiger partial charge in [0, 0.05) is 12.1 Å². The van der Waals surface area contributed by atoms with Crippen molar-refractivity contribution in [1.82, 2.24) is 10.2 Å². The van der Waals surface area contributed by atoms with Crippen molar-refractivity contribution in [2.75, 3.05) is 6.54 Å². The van der Waals surface area contributed by atoms with Crippen molar-refractivity contribution < 1.29 is 14.0 Å². The molecule has 0 unspecified atom stereocenters. The first-order valence-corrected chi connectivity index (χ1v) is 4.59. The van der Waals surface area contributed by atoms with Crippen LogP contribution in [0.15, 0.2) is 28.7 Å². The van der Waals surface area contributed by atoms with Crippen LogP contribution in [0.1, 0.15) is 12.5 Å². The van der Waals surface area contributed by atoms with Gasteiger partial charge < -0.3 is 9.73 Å². The van der Waals surface area contributed by atoms with Crippen LogP contribution in [0.25, 0.3) is 6.08 Å². The molecule has 1 aromatic rings. The molecule has 1 fully saturated rings. The number of nitrogens with zero attached hydrogens (tertiary/aromatic N) is 1. The zero-order chi connectivity index (χ0) is 10.8. The SMILES string of the molecule is CCN1C(=O)NC(=Cc2ccoc2)C1=O. The highest BCUT2D eigenvalue weighted by molar-refractivity contribution is 6.13. The van der Waals surface area contributed by atoms with Gasteiger partial charge in [-0.05, 0) is 19.1 Å². The number of hydrogen-bond donors (Lipinski definition) is 1. The number of rotatable bonds is 2. The maximum Gasteiger partial charge on any atom is 0.328 e. The summed E-state index contributed by atoms with van der Waals surface area (Å²) in [5.74, 6) is -0.302. The number of carbonyl (C=O) groups is 2. The number of likely N-dealkylation sites (N-methyl/N-ethyl adjacent to an activating group) is 1. The number of amides is 3. The molecular weight excluding hydrogens is 196 g/mol. The minimum Gasteiger partial charge on any atom is -0.472 e. The van der Waals surface area contributed by atoms with Gasteiger partial charge in [0.05, 0.1) is 12.5 Å². The topological polar surface area (TPSA) is 62.6 Å². The lowest BCUT2D eigenvalue weighted by Crippen LogP contribution is -2.30. The molecule has 1 aliphatic heterocycles. The molecule has 0 bridgehead atoms.